The molecule has 1 aliphatic heterocycles. The summed E-state index contributed by atoms with van der Waals surface area (Å²) in [5.41, 5.74) is 2.76. The zero-order chi connectivity index (χ0) is 14.4. The van der Waals surface area contributed by atoms with Crippen LogP contribution in [-0.2, 0) is 6.54 Å². The van der Waals surface area contributed by atoms with E-state index in [9.17, 15) is 0 Å². The van der Waals surface area contributed by atoms with Crippen LogP contribution in [0, 0.1) is 5.92 Å². The molecule has 1 N–H and O–H groups in total. The predicted molar refractivity (Wildman–Crippen MR) is 87.3 cm³/mol. The summed E-state index contributed by atoms with van der Waals surface area (Å²) in [5.74, 6) is 0.870. The Morgan fingerprint density at radius 3 is 2.35 bits per heavy atom. The first-order chi connectivity index (χ1) is 9.69. The number of rotatable bonds is 6. The topological polar surface area (TPSA) is 18.5 Å². The number of piperidine rings is 1. The summed E-state index contributed by atoms with van der Waals surface area (Å²) in [6.07, 6.45) is 2.63. The van der Waals surface area contributed by atoms with Crippen LogP contribution in [0.4, 0.5) is 5.69 Å². The van der Waals surface area contributed by atoms with Gasteiger partial charge in [0.05, 0.1) is 0 Å². The van der Waals surface area contributed by atoms with Gasteiger partial charge in [-0.15, -0.1) is 0 Å². The van der Waals surface area contributed by atoms with E-state index < -0.39 is 0 Å². The summed E-state index contributed by atoms with van der Waals surface area (Å²) in [7, 11) is 4.35. The van der Waals surface area contributed by atoms with Gasteiger partial charge in [-0.25, -0.2) is 0 Å². The lowest BCUT2D eigenvalue weighted by Gasteiger charge is -2.34. The minimum Gasteiger partial charge on any atom is -0.372 e. The van der Waals surface area contributed by atoms with Crippen molar-refractivity contribution in [2.45, 2.75) is 26.3 Å². The largest absolute Gasteiger partial charge is 0.372 e. The number of hydrogen-bond acceptors (Lipinski definition) is 3. The van der Waals surface area contributed by atoms with Gasteiger partial charge in [-0.3, -0.25) is 0 Å². The Morgan fingerprint density at radius 2 is 1.80 bits per heavy atom. The van der Waals surface area contributed by atoms with Crippen molar-refractivity contribution in [1.29, 1.82) is 0 Å². The Hall–Kier alpha value is -1.06. The van der Waals surface area contributed by atoms with Crippen LogP contribution >= 0.6 is 0 Å². The molecule has 0 radical (unpaired) electrons. The van der Waals surface area contributed by atoms with E-state index in [0.717, 1.165) is 19.0 Å². The zero-order valence-corrected chi connectivity index (χ0v) is 13.2. The standard InChI is InChI=1S/C17H29N3/c1-4-18-13-15-5-7-17(8-6-15)20-11-9-16(10-12-20)14-19(2)3/h5-8,16,18H,4,9-14H2,1-3H3. The molecule has 0 bridgehead atoms. The van der Waals surface area contributed by atoms with Crippen LogP contribution in [0.2, 0.25) is 0 Å². The van der Waals surface area contributed by atoms with Crippen LogP contribution in [0.15, 0.2) is 24.3 Å². The van der Waals surface area contributed by atoms with Crippen LogP contribution in [0.5, 0.6) is 0 Å². The summed E-state index contributed by atoms with van der Waals surface area (Å²) in [6.45, 7) is 7.78. The van der Waals surface area contributed by atoms with Crippen molar-refractivity contribution in [2.75, 3.05) is 45.2 Å². The molecular formula is C17H29N3. The molecule has 1 fully saturated rings. The average molecular weight is 275 g/mol. The lowest BCUT2D eigenvalue weighted by atomic mass is 9.96. The van der Waals surface area contributed by atoms with Gasteiger partial charge in [0.15, 0.2) is 0 Å². The maximum Gasteiger partial charge on any atom is 0.0366 e. The van der Waals surface area contributed by atoms with Gasteiger partial charge in [-0.2, -0.15) is 0 Å². The Morgan fingerprint density at radius 1 is 1.15 bits per heavy atom. The lowest BCUT2D eigenvalue weighted by Crippen LogP contribution is -2.37. The molecule has 1 aliphatic rings. The summed E-state index contributed by atoms with van der Waals surface area (Å²) >= 11 is 0. The third-order valence-corrected chi connectivity index (χ3v) is 4.12. The zero-order valence-electron chi connectivity index (χ0n) is 13.2. The molecule has 3 nitrogen and oxygen atoms in total. The molecule has 2 rings (SSSR count). The van der Waals surface area contributed by atoms with E-state index in [4.69, 9.17) is 0 Å². The third kappa shape index (κ3) is 4.50. The Kier molecular flexibility index (Phi) is 5.86. The molecule has 1 aromatic rings. The SMILES string of the molecule is CCNCc1ccc(N2CCC(CN(C)C)CC2)cc1. The van der Waals surface area contributed by atoms with Gasteiger partial charge in [0.1, 0.15) is 0 Å². The maximum atomic E-state index is 3.37. The van der Waals surface area contributed by atoms with Crippen LogP contribution < -0.4 is 10.2 Å². The van der Waals surface area contributed by atoms with E-state index in [2.05, 4.69) is 60.4 Å². The third-order valence-electron chi connectivity index (χ3n) is 4.12. The van der Waals surface area contributed by atoms with Gasteiger partial charge in [-0.1, -0.05) is 19.1 Å². The molecule has 20 heavy (non-hydrogen) atoms. The second-order valence-corrected chi connectivity index (χ2v) is 6.14. The van der Waals surface area contributed by atoms with E-state index in [0.29, 0.717) is 0 Å². The predicted octanol–water partition coefficient (Wildman–Crippen LogP) is 2.57. The molecule has 112 valence electrons. The summed E-state index contributed by atoms with van der Waals surface area (Å²) < 4.78 is 0. The minimum absolute atomic E-state index is 0.870. The quantitative estimate of drug-likeness (QED) is 0.861. The fourth-order valence-corrected chi connectivity index (χ4v) is 2.98. The molecule has 0 aliphatic carbocycles. The molecule has 1 aromatic carbocycles. The molecule has 3 heteroatoms. The fraction of sp³-hybridized carbons (Fsp3) is 0.647. The van der Waals surface area contributed by atoms with Gasteiger partial charge < -0.3 is 15.1 Å². The first-order valence-corrected chi connectivity index (χ1v) is 7.88. The molecule has 0 saturated carbocycles. The van der Waals surface area contributed by atoms with Crippen molar-refractivity contribution >= 4 is 5.69 Å². The highest BCUT2D eigenvalue weighted by Crippen LogP contribution is 2.23. The number of hydrogen-bond donors (Lipinski definition) is 1. The Labute approximate surface area is 124 Å². The number of nitrogens with one attached hydrogen (secondary N) is 1. The van der Waals surface area contributed by atoms with E-state index in [1.807, 2.05) is 0 Å². The molecule has 1 heterocycles. The molecule has 0 spiro atoms. The smallest absolute Gasteiger partial charge is 0.0366 e. The average Bonchev–Trinajstić information content (AvgIpc) is 2.46. The maximum absolute atomic E-state index is 3.37. The monoisotopic (exact) mass is 275 g/mol. The van der Waals surface area contributed by atoms with Gasteiger partial charge in [-0.05, 0) is 57.1 Å². The van der Waals surface area contributed by atoms with Crippen molar-refractivity contribution in [3.63, 3.8) is 0 Å². The highest BCUT2D eigenvalue weighted by Gasteiger charge is 2.19. The molecule has 1 saturated heterocycles. The van der Waals surface area contributed by atoms with Crippen LogP contribution in [0.3, 0.4) is 0 Å². The van der Waals surface area contributed by atoms with Crippen molar-refractivity contribution in [3.05, 3.63) is 29.8 Å². The number of benzene rings is 1. The second kappa shape index (κ2) is 7.65. The Bertz CT molecular complexity index is 378. The van der Waals surface area contributed by atoms with E-state index in [1.54, 1.807) is 0 Å². The van der Waals surface area contributed by atoms with Gasteiger partial charge >= 0.3 is 0 Å². The molecule has 0 amide bonds. The van der Waals surface area contributed by atoms with Crippen molar-refractivity contribution in [2.24, 2.45) is 5.92 Å². The highest BCUT2D eigenvalue weighted by atomic mass is 15.1. The molecule has 0 aromatic heterocycles. The highest BCUT2D eigenvalue weighted by molar-refractivity contribution is 5.47. The summed E-state index contributed by atoms with van der Waals surface area (Å²) in [4.78, 5) is 4.85. The van der Waals surface area contributed by atoms with Crippen LogP contribution in [0.1, 0.15) is 25.3 Å². The van der Waals surface area contributed by atoms with Crippen LogP contribution in [0.25, 0.3) is 0 Å². The van der Waals surface area contributed by atoms with Gasteiger partial charge in [0.25, 0.3) is 0 Å². The molecular weight excluding hydrogens is 246 g/mol. The number of anilines is 1. The molecule has 0 unspecified atom stereocenters. The second-order valence-electron chi connectivity index (χ2n) is 6.14. The van der Waals surface area contributed by atoms with E-state index in [-0.39, 0.29) is 0 Å². The minimum atomic E-state index is 0.870. The normalized spacial score (nSPS) is 16.9. The summed E-state index contributed by atoms with van der Waals surface area (Å²) in [6, 6.07) is 9.06. The van der Waals surface area contributed by atoms with Crippen molar-refractivity contribution < 1.29 is 0 Å². The van der Waals surface area contributed by atoms with E-state index in [1.165, 1.54) is 43.7 Å². The molecule has 0 atom stereocenters. The lowest BCUT2D eigenvalue weighted by molar-refractivity contribution is 0.285. The first-order valence-electron chi connectivity index (χ1n) is 7.88. The number of nitrogens with zero attached hydrogens (tertiary/aromatic N) is 2. The first kappa shape index (κ1) is 15.3. The van der Waals surface area contributed by atoms with Crippen molar-refractivity contribution in [1.82, 2.24) is 10.2 Å². The van der Waals surface area contributed by atoms with Crippen LogP contribution in [-0.4, -0.2) is 45.2 Å². The van der Waals surface area contributed by atoms with Gasteiger partial charge in [0.2, 0.25) is 0 Å². The Balaban J connectivity index is 1.84. The van der Waals surface area contributed by atoms with E-state index >= 15 is 0 Å². The summed E-state index contributed by atoms with van der Waals surface area (Å²) in [5, 5.41) is 3.37. The van der Waals surface area contributed by atoms with Crippen molar-refractivity contribution in [3.8, 4) is 0 Å². The fourth-order valence-electron chi connectivity index (χ4n) is 2.98. The van der Waals surface area contributed by atoms with Gasteiger partial charge in [0, 0.05) is 31.9 Å².